The summed E-state index contributed by atoms with van der Waals surface area (Å²) in [5.74, 6) is -0.904. The Morgan fingerprint density at radius 2 is 2.09 bits per heavy atom. The number of benzene rings is 1. The molecular weight excluding hydrogens is 140 g/mol. The summed E-state index contributed by atoms with van der Waals surface area (Å²) in [4.78, 5) is 10.5. The van der Waals surface area contributed by atoms with Crippen LogP contribution in [0.5, 0.6) is 0 Å². The molecule has 0 aliphatic rings. The molecule has 2 heteroatoms. The van der Waals surface area contributed by atoms with Crippen LogP contribution in [0.4, 0.5) is 0 Å². The fraction of sp³-hybridized carbons (Fsp3) is 0.111. The van der Waals surface area contributed by atoms with Gasteiger partial charge in [0.1, 0.15) is 0 Å². The molecule has 0 fully saturated rings. The predicted molar refractivity (Wildman–Crippen MR) is 42.6 cm³/mol. The molecule has 1 rings (SSSR count). The van der Waals surface area contributed by atoms with Gasteiger partial charge in [-0.05, 0) is 31.5 Å². The van der Waals surface area contributed by atoms with Crippen LogP contribution in [-0.4, -0.2) is 11.1 Å². The Morgan fingerprint density at radius 1 is 1.45 bits per heavy atom. The van der Waals surface area contributed by atoms with Crippen LogP contribution in [0, 0.1) is 13.8 Å². The van der Waals surface area contributed by atoms with Gasteiger partial charge in [-0.1, -0.05) is 11.6 Å². The lowest BCUT2D eigenvalue weighted by atomic mass is 10.1. The summed E-state index contributed by atoms with van der Waals surface area (Å²) in [5.41, 5.74) is 1.97. The molecule has 0 aliphatic heterocycles. The summed E-state index contributed by atoms with van der Waals surface area (Å²) >= 11 is 0. The Kier molecular flexibility index (Phi) is 1.94. The van der Waals surface area contributed by atoms with Gasteiger partial charge in [-0.3, -0.25) is 0 Å². The number of carboxylic acid groups (broad SMARTS) is 1. The molecule has 0 heterocycles. The van der Waals surface area contributed by atoms with Gasteiger partial charge in [0, 0.05) is 0 Å². The molecule has 1 radical (unpaired) electrons. The zero-order chi connectivity index (χ0) is 8.43. The molecule has 1 aromatic rings. The van der Waals surface area contributed by atoms with Crippen molar-refractivity contribution >= 4 is 5.97 Å². The van der Waals surface area contributed by atoms with E-state index in [0.29, 0.717) is 5.56 Å². The Bertz CT molecular complexity index is 269. The van der Waals surface area contributed by atoms with E-state index in [1.54, 1.807) is 12.1 Å². The molecule has 11 heavy (non-hydrogen) atoms. The summed E-state index contributed by atoms with van der Waals surface area (Å²) in [7, 11) is 0. The zero-order valence-corrected chi connectivity index (χ0v) is 6.29. The number of aromatic carboxylic acids is 1. The highest BCUT2D eigenvalue weighted by Crippen LogP contribution is 2.08. The van der Waals surface area contributed by atoms with Crippen LogP contribution in [0.1, 0.15) is 21.5 Å². The third kappa shape index (κ3) is 1.80. The molecule has 57 valence electrons. The second-order valence-corrected chi connectivity index (χ2v) is 2.51. The van der Waals surface area contributed by atoms with Crippen molar-refractivity contribution in [2.45, 2.75) is 6.92 Å². The number of carbonyl (C=O) groups is 1. The second kappa shape index (κ2) is 2.74. The number of carboxylic acids is 1. The molecule has 2 nitrogen and oxygen atoms in total. The summed E-state index contributed by atoms with van der Waals surface area (Å²) in [6.07, 6.45) is 0. The first-order valence-corrected chi connectivity index (χ1v) is 3.26. The van der Waals surface area contributed by atoms with Gasteiger partial charge in [0.2, 0.25) is 0 Å². The van der Waals surface area contributed by atoms with Crippen LogP contribution in [0.3, 0.4) is 0 Å². The Balaban J connectivity index is 3.19. The molecule has 1 N–H and O–H groups in total. The maximum atomic E-state index is 10.5. The predicted octanol–water partition coefficient (Wildman–Crippen LogP) is 1.88. The van der Waals surface area contributed by atoms with Crippen molar-refractivity contribution in [1.29, 1.82) is 0 Å². The Labute approximate surface area is 65.5 Å². The van der Waals surface area contributed by atoms with Gasteiger partial charge < -0.3 is 5.11 Å². The standard InChI is InChI=1S/C9H9O2/c1-6-3-7(2)5-8(4-6)9(10)11/h3-5H,1H2,2H3,(H,10,11). The fourth-order valence-corrected chi connectivity index (χ4v) is 0.986. The summed E-state index contributed by atoms with van der Waals surface area (Å²) in [5, 5.41) is 8.61. The highest BCUT2D eigenvalue weighted by molar-refractivity contribution is 5.88. The van der Waals surface area contributed by atoms with Crippen molar-refractivity contribution in [2.24, 2.45) is 0 Å². The van der Waals surface area contributed by atoms with Crippen LogP contribution >= 0.6 is 0 Å². The van der Waals surface area contributed by atoms with Crippen LogP contribution in [-0.2, 0) is 0 Å². The van der Waals surface area contributed by atoms with E-state index in [0.717, 1.165) is 11.1 Å². The minimum Gasteiger partial charge on any atom is -0.478 e. The first-order chi connectivity index (χ1) is 5.09. The molecule has 0 saturated heterocycles. The normalized spacial score (nSPS) is 9.64. The largest absolute Gasteiger partial charge is 0.478 e. The smallest absolute Gasteiger partial charge is 0.335 e. The molecule has 0 atom stereocenters. The van der Waals surface area contributed by atoms with Crippen molar-refractivity contribution in [3.63, 3.8) is 0 Å². The first kappa shape index (κ1) is 7.79. The SMILES string of the molecule is [CH2]c1cc(C)cc(C(=O)O)c1. The highest BCUT2D eigenvalue weighted by atomic mass is 16.4. The average Bonchev–Trinajstić information content (AvgIpc) is 1.85. The van der Waals surface area contributed by atoms with E-state index >= 15 is 0 Å². The monoisotopic (exact) mass is 149 g/mol. The average molecular weight is 149 g/mol. The van der Waals surface area contributed by atoms with Gasteiger partial charge in [-0.25, -0.2) is 4.79 Å². The van der Waals surface area contributed by atoms with Gasteiger partial charge in [0.05, 0.1) is 5.56 Å². The maximum Gasteiger partial charge on any atom is 0.335 e. The van der Waals surface area contributed by atoms with E-state index in [1.165, 1.54) is 0 Å². The Morgan fingerprint density at radius 3 is 2.55 bits per heavy atom. The van der Waals surface area contributed by atoms with Gasteiger partial charge in [-0.15, -0.1) is 0 Å². The minimum absolute atomic E-state index is 0.301. The second-order valence-electron chi connectivity index (χ2n) is 2.51. The quantitative estimate of drug-likeness (QED) is 0.661. The third-order valence-corrected chi connectivity index (χ3v) is 1.38. The van der Waals surface area contributed by atoms with Crippen LogP contribution < -0.4 is 0 Å². The van der Waals surface area contributed by atoms with Crippen LogP contribution in [0.15, 0.2) is 18.2 Å². The van der Waals surface area contributed by atoms with Gasteiger partial charge >= 0.3 is 5.97 Å². The van der Waals surface area contributed by atoms with E-state index in [2.05, 4.69) is 6.92 Å². The summed E-state index contributed by atoms with van der Waals surface area (Å²) in [6.45, 7) is 5.51. The lowest BCUT2D eigenvalue weighted by Gasteiger charge is -1.98. The van der Waals surface area contributed by atoms with Gasteiger partial charge in [0.25, 0.3) is 0 Å². The maximum absolute atomic E-state index is 10.5. The van der Waals surface area contributed by atoms with Crippen LogP contribution in [0.25, 0.3) is 0 Å². The molecule has 1 aromatic carbocycles. The topological polar surface area (TPSA) is 37.3 Å². The number of aryl methyl sites for hydroxylation is 1. The molecule has 0 amide bonds. The van der Waals surface area contributed by atoms with Gasteiger partial charge in [0.15, 0.2) is 0 Å². The van der Waals surface area contributed by atoms with E-state index < -0.39 is 5.97 Å². The molecule has 0 aliphatic carbocycles. The molecular formula is C9H9O2. The fourth-order valence-electron chi connectivity index (χ4n) is 0.986. The van der Waals surface area contributed by atoms with E-state index in [-0.39, 0.29) is 0 Å². The van der Waals surface area contributed by atoms with Crippen molar-refractivity contribution in [3.8, 4) is 0 Å². The summed E-state index contributed by atoms with van der Waals surface area (Å²) < 4.78 is 0. The number of rotatable bonds is 1. The zero-order valence-electron chi connectivity index (χ0n) is 6.29. The third-order valence-electron chi connectivity index (χ3n) is 1.38. The molecule has 0 bridgehead atoms. The van der Waals surface area contributed by atoms with Crippen LogP contribution in [0.2, 0.25) is 0 Å². The van der Waals surface area contributed by atoms with Gasteiger partial charge in [-0.2, -0.15) is 0 Å². The highest BCUT2D eigenvalue weighted by Gasteiger charge is 2.02. The van der Waals surface area contributed by atoms with Crippen molar-refractivity contribution in [3.05, 3.63) is 41.8 Å². The van der Waals surface area contributed by atoms with E-state index in [4.69, 9.17) is 5.11 Å². The molecule has 0 saturated carbocycles. The summed E-state index contributed by atoms with van der Waals surface area (Å²) in [6, 6.07) is 5.01. The Hall–Kier alpha value is -1.31. The lowest BCUT2D eigenvalue weighted by molar-refractivity contribution is 0.0696. The molecule has 0 aromatic heterocycles. The number of hydrogen-bond acceptors (Lipinski definition) is 1. The van der Waals surface area contributed by atoms with E-state index in [1.807, 2.05) is 13.0 Å². The lowest BCUT2D eigenvalue weighted by Crippen LogP contribution is -1.96. The van der Waals surface area contributed by atoms with Crippen molar-refractivity contribution < 1.29 is 9.90 Å². The first-order valence-electron chi connectivity index (χ1n) is 3.26. The van der Waals surface area contributed by atoms with Crippen molar-refractivity contribution in [1.82, 2.24) is 0 Å². The van der Waals surface area contributed by atoms with Crippen molar-refractivity contribution in [2.75, 3.05) is 0 Å². The molecule has 0 spiro atoms. The number of hydrogen-bond donors (Lipinski definition) is 1. The molecule has 0 unspecified atom stereocenters. The minimum atomic E-state index is -0.904. The van der Waals surface area contributed by atoms with E-state index in [9.17, 15) is 4.79 Å².